The van der Waals surface area contributed by atoms with Crippen LogP contribution < -0.4 is 4.72 Å². The molecule has 0 radical (unpaired) electrons. The predicted octanol–water partition coefficient (Wildman–Crippen LogP) is 3.79. The molecule has 2 heterocycles. The van der Waals surface area contributed by atoms with Crippen molar-refractivity contribution >= 4 is 32.4 Å². The molecule has 0 unspecified atom stereocenters. The number of nitrogens with one attached hydrogen (secondary N) is 2. The maximum Gasteiger partial charge on any atom is 0.241 e. The van der Waals surface area contributed by atoms with Crippen molar-refractivity contribution in [3.05, 3.63) is 72.4 Å². The molecule has 162 valence electrons. The number of H-pyrrole nitrogens is 1. The van der Waals surface area contributed by atoms with Gasteiger partial charge in [-0.1, -0.05) is 56.3 Å². The Morgan fingerprint density at radius 2 is 1.77 bits per heavy atom. The van der Waals surface area contributed by atoms with Gasteiger partial charge in [0.25, 0.3) is 0 Å². The molecular formula is C24H27N3O3S. The Bertz CT molecular complexity index is 1210. The molecule has 0 bridgehead atoms. The van der Waals surface area contributed by atoms with E-state index >= 15 is 0 Å². The van der Waals surface area contributed by atoms with E-state index in [1.165, 1.54) is 23.1 Å². The lowest BCUT2D eigenvalue weighted by atomic mass is 9.97. The van der Waals surface area contributed by atoms with E-state index in [-0.39, 0.29) is 16.7 Å². The molecule has 6 nitrogen and oxygen atoms in total. The number of rotatable bonds is 6. The summed E-state index contributed by atoms with van der Waals surface area (Å²) in [6, 6.07) is 15.5. The number of carbonyl (C=O) groups excluding carboxylic acids is 1. The van der Waals surface area contributed by atoms with Crippen LogP contribution in [0.4, 0.5) is 0 Å². The van der Waals surface area contributed by atoms with Crippen molar-refractivity contribution < 1.29 is 13.2 Å². The van der Waals surface area contributed by atoms with E-state index in [2.05, 4.69) is 21.8 Å². The van der Waals surface area contributed by atoms with Crippen molar-refractivity contribution in [2.45, 2.75) is 31.2 Å². The molecule has 0 saturated heterocycles. The van der Waals surface area contributed by atoms with Gasteiger partial charge in [0.15, 0.2) is 0 Å². The topological polar surface area (TPSA) is 82.3 Å². The van der Waals surface area contributed by atoms with Crippen molar-refractivity contribution in [3.63, 3.8) is 0 Å². The summed E-state index contributed by atoms with van der Waals surface area (Å²) in [5, 5.41) is 1.17. The average molecular weight is 438 g/mol. The van der Waals surface area contributed by atoms with Crippen molar-refractivity contribution in [3.8, 4) is 0 Å². The number of nitrogens with zero attached hydrogens (tertiary/aromatic N) is 1. The summed E-state index contributed by atoms with van der Waals surface area (Å²) in [4.78, 5) is 18.4. The summed E-state index contributed by atoms with van der Waals surface area (Å²) in [5.41, 5.74) is 3.45. The minimum absolute atomic E-state index is 0.161. The lowest BCUT2D eigenvalue weighted by molar-refractivity contribution is -0.133. The van der Waals surface area contributed by atoms with E-state index in [0.29, 0.717) is 13.1 Å². The van der Waals surface area contributed by atoms with Gasteiger partial charge in [-0.15, -0.1) is 0 Å². The van der Waals surface area contributed by atoms with Gasteiger partial charge in [0, 0.05) is 35.8 Å². The highest BCUT2D eigenvalue weighted by Gasteiger charge is 2.32. The summed E-state index contributed by atoms with van der Waals surface area (Å²) in [5.74, 6) is -0.367. The largest absolute Gasteiger partial charge is 0.361 e. The monoisotopic (exact) mass is 437 g/mol. The molecule has 1 aromatic heterocycles. The predicted molar refractivity (Wildman–Crippen MR) is 123 cm³/mol. The van der Waals surface area contributed by atoms with Crippen molar-refractivity contribution in [2.75, 3.05) is 13.1 Å². The number of para-hydroxylation sites is 1. The maximum atomic E-state index is 13.2. The van der Waals surface area contributed by atoms with E-state index in [1.807, 2.05) is 38.2 Å². The Hall–Kier alpha value is -2.90. The minimum Gasteiger partial charge on any atom is -0.361 e. The number of carbonyl (C=O) groups is 1. The van der Waals surface area contributed by atoms with Gasteiger partial charge >= 0.3 is 0 Å². The van der Waals surface area contributed by atoms with Crippen LogP contribution in [0.1, 0.15) is 25.8 Å². The molecule has 0 spiro atoms. The average Bonchev–Trinajstić information content (AvgIpc) is 3.22. The number of hydrogen-bond donors (Lipinski definition) is 2. The van der Waals surface area contributed by atoms with Gasteiger partial charge in [0.2, 0.25) is 15.9 Å². The first-order chi connectivity index (χ1) is 14.9. The van der Waals surface area contributed by atoms with Gasteiger partial charge in [-0.05, 0) is 36.1 Å². The number of amides is 1. The summed E-state index contributed by atoms with van der Waals surface area (Å²) < 4.78 is 28.2. The summed E-state index contributed by atoms with van der Waals surface area (Å²) in [6.45, 7) is 4.73. The van der Waals surface area contributed by atoms with Gasteiger partial charge < -0.3 is 9.88 Å². The molecule has 31 heavy (non-hydrogen) atoms. The van der Waals surface area contributed by atoms with Gasteiger partial charge in [-0.25, -0.2) is 8.42 Å². The van der Waals surface area contributed by atoms with Crippen LogP contribution in [-0.2, 0) is 14.8 Å². The third-order valence-corrected chi connectivity index (χ3v) is 7.18. The van der Waals surface area contributed by atoms with E-state index in [0.717, 1.165) is 17.5 Å². The van der Waals surface area contributed by atoms with E-state index in [9.17, 15) is 13.2 Å². The van der Waals surface area contributed by atoms with Crippen molar-refractivity contribution in [2.24, 2.45) is 5.92 Å². The molecule has 2 aromatic carbocycles. The summed E-state index contributed by atoms with van der Waals surface area (Å²) in [6.07, 6.45) is 4.81. The van der Waals surface area contributed by atoms with Crippen LogP contribution in [0.25, 0.3) is 16.5 Å². The second kappa shape index (κ2) is 8.69. The first kappa shape index (κ1) is 21.3. The third-order valence-electron chi connectivity index (χ3n) is 5.72. The fourth-order valence-electron chi connectivity index (χ4n) is 3.95. The first-order valence-corrected chi connectivity index (χ1v) is 12.0. The Labute approximate surface area is 183 Å². The van der Waals surface area contributed by atoms with Crippen LogP contribution in [0, 0.1) is 5.92 Å². The van der Waals surface area contributed by atoms with Gasteiger partial charge in [-0.2, -0.15) is 4.72 Å². The number of aromatic amines is 1. The second-order valence-corrected chi connectivity index (χ2v) is 9.88. The molecule has 2 N–H and O–H groups in total. The number of fused-ring (bicyclic) bond motifs is 1. The fourth-order valence-corrected chi connectivity index (χ4v) is 5.31. The van der Waals surface area contributed by atoms with Crippen LogP contribution in [0.5, 0.6) is 0 Å². The maximum absolute atomic E-state index is 13.2. The zero-order chi connectivity index (χ0) is 22.0. The highest BCUT2D eigenvalue weighted by atomic mass is 32.2. The van der Waals surface area contributed by atoms with Gasteiger partial charge in [0.1, 0.15) is 6.04 Å². The molecule has 1 amide bonds. The van der Waals surface area contributed by atoms with Crippen molar-refractivity contribution in [1.82, 2.24) is 14.6 Å². The Morgan fingerprint density at radius 1 is 1.06 bits per heavy atom. The Balaban J connectivity index is 1.50. The van der Waals surface area contributed by atoms with Gasteiger partial charge in [-0.3, -0.25) is 4.79 Å². The normalized spacial score (nSPS) is 15.8. The quantitative estimate of drug-likeness (QED) is 0.616. The molecule has 1 aliphatic rings. The Morgan fingerprint density at radius 3 is 2.45 bits per heavy atom. The van der Waals surface area contributed by atoms with E-state index in [4.69, 9.17) is 0 Å². The zero-order valence-electron chi connectivity index (χ0n) is 17.7. The number of benzene rings is 2. The summed E-state index contributed by atoms with van der Waals surface area (Å²) in [7, 11) is -3.78. The minimum atomic E-state index is -3.78. The molecule has 1 aliphatic heterocycles. The first-order valence-electron chi connectivity index (χ1n) is 10.5. The molecule has 0 aliphatic carbocycles. The highest BCUT2D eigenvalue weighted by molar-refractivity contribution is 7.89. The molecular weight excluding hydrogens is 410 g/mol. The lowest BCUT2D eigenvalue weighted by Gasteiger charge is -2.31. The SMILES string of the molecule is CC(C)[C@H](NS(=O)(=O)c1ccccc1)C(=O)N1CC=C(c2c[nH]c3ccccc23)CC1. The van der Waals surface area contributed by atoms with Crippen LogP contribution in [0.3, 0.4) is 0 Å². The second-order valence-electron chi connectivity index (χ2n) is 8.17. The molecule has 1 atom stereocenters. The molecule has 0 saturated carbocycles. The Kier molecular flexibility index (Phi) is 5.98. The van der Waals surface area contributed by atoms with E-state index in [1.54, 1.807) is 23.1 Å². The number of hydrogen-bond acceptors (Lipinski definition) is 3. The smallest absolute Gasteiger partial charge is 0.241 e. The highest BCUT2D eigenvalue weighted by Crippen LogP contribution is 2.29. The van der Waals surface area contributed by atoms with Gasteiger partial charge in [0.05, 0.1) is 4.90 Å². The van der Waals surface area contributed by atoms with E-state index < -0.39 is 16.1 Å². The van der Waals surface area contributed by atoms with Crippen LogP contribution in [0.2, 0.25) is 0 Å². The summed E-state index contributed by atoms with van der Waals surface area (Å²) >= 11 is 0. The molecule has 0 fully saturated rings. The van der Waals surface area contributed by atoms with Crippen LogP contribution >= 0.6 is 0 Å². The standard InChI is InChI=1S/C24H27N3O3S/c1-17(2)23(26-31(29,30)19-8-4-3-5-9-19)24(28)27-14-12-18(13-15-27)21-16-25-22-11-7-6-10-20(21)22/h3-12,16-17,23,25-26H,13-15H2,1-2H3/t23-/m0/s1. The third kappa shape index (κ3) is 4.43. The lowest BCUT2D eigenvalue weighted by Crippen LogP contribution is -2.52. The number of aromatic nitrogens is 1. The van der Waals surface area contributed by atoms with Crippen LogP contribution in [0.15, 0.2) is 71.8 Å². The van der Waals surface area contributed by atoms with Crippen LogP contribution in [-0.4, -0.2) is 43.3 Å². The molecule has 3 aromatic rings. The number of sulfonamides is 1. The zero-order valence-corrected chi connectivity index (χ0v) is 18.5. The van der Waals surface area contributed by atoms with Crippen molar-refractivity contribution in [1.29, 1.82) is 0 Å². The molecule has 7 heteroatoms. The molecule has 4 rings (SSSR count). The fraction of sp³-hybridized carbons (Fsp3) is 0.292.